The van der Waals surface area contributed by atoms with Crippen LogP contribution in [0.4, 0.5) is 10.2 Å². The standard InChI is InChI=1S/C10H17FN4/c1-3-15(4-2)6-5-12-10-7-9(11)13-8-14-10/h7-8H,3-6H2,1-2H3,(H,12,13,14). The van der Waals surface area contributed by atoms with E-state index in [4.69, 9.17) is 0 Å². The maximum Gasteiger partial charge on any atom is 0.217 e. The summed E-state index contributed by atoms with van der Waals surface area (Å²) in [7, 11) is 0. The van der Waals surface area contributed by atoms with Crippen LogP contribution >= 0.6 is 0 Å². The van der Waals surface area contributed by atoms with E-state index in [1.54, 1.807) is 0 Å². The minimum Gasteiger partial charge on any atom is -0.369 e. The molecule has 0 aromatic carbocycles. The Bertz CT molecular complexity index is 289. The van der Waals surface area contributed by atoms with Crippen LogP contribution in [-0.4, -0.2) is 41.0 Å². The number of nitrogens with one attached hydrogen (secondary N) is 1. The molecule has 0 fully saturated rings. The zero-order valence-corrected chi connectivity index (χ0v) is 9.20. The lowest BCUT2D eigenvalue weighted by Gasteiger charge is -2.17. The molecule has 0 aliphatic rings. The monoisotopic (exact) mass is 212 g/mol. The second kappa shape index (κ2) is 6.29. The van der Waals surface area contributed by atoms with E-state index >= 15 is 0 Å². The molecule has 1 rings (SSSR count). The lowest BCUT2D eigenvalue weighted by atomic mass is 10.4. The summed E-state index contributed by atoms with van der Waals surface area (Å²) < 4.78 is 12.7. The van der Waals surface area contributed by atoms with E-state index in [0.29, 0.717) is 5.82 Å². The molecule has 0 atom stereocenters. The van der Waals surface area contributed by atoms with E-state index in [2.05, 4.69) is 34.0 Å². The van der Waals surface area contributed by atoms with Crippen molar-refractivity contribution in [3.05, 3.63) is 18.3 Å². The van der Waals surface area contributed by atoms with Gasteiger partial charge in [-0.2, -0.15) is 4.39 Å². The number of hydrogen-bond donors (Lipinski definition) is 1. The first-order valence-electron chi connectivity index (χ1n) is 5.20. The van der Waals surface area contributed by atoms with E-state index in [-0.39, 0.29) is 0 Å². The van der Waals surface area contributed by atoms with Gasteiger partial charge in [0.1, 0.15) is 12.1 Å². The van der Waals surface area contributed by atoms with Crippen molar-refractivity contribution in [1.82, 2.24) is 14.9 Å². The van der Waals surface area contributed by atoms with Crippen LogP contribution in [0.1, 0.15) is 13.8 Å². The maximum absolute atomic E-state index is 12.7. The Morgan fingerprint density at radius 3 is 2.67 bits per heavy atom. The fourth-order valence-electron chi connectivity index (χ4n) is 1.31. The molecule has 0 unspecified atom stereocenters. The van der Waals surface area contributed by atoms with Gasteiger partial charge in [-0.1, -0.05) is 13.8 Å². The average molecular weight is 212 g/mol. The molecule has 0 bridgehead atoms. The predicted octanol–water partition coefficient (Wildman–Crippen LogP) is 1.37. The van der Waals surface area contributed by atoms with Crippen LogP contribution in [0, 0.1) is 5.95 Å². The highest BCUT2D eigenvalue weighted by Crippen LogP contribution is 2.01. The van der Waals surface area contributed by atoms with Crippen LogP contribution in [-0.2, 0) is 0 Å². The Morgan fingerprint density at radius 1 is 1.33 bits per heavy atom. The van der Waals surface area contributed by atoms with E-state index in [9.17, 15) is 4.39 Å². The average Bonchev–Trinajstić information content (AvgIpc) is 2.25. The summed E-state index contributed by atoms with van der Waals surface area (Å²) in [5, 5.41) is 3.05. The van der Waals surface area contributed by atoms with Crippen LogP contribution in [0.3, 0.4) is 0 Å². The SMILES string of the molecule is CCN(CC)CCNc1cc(F)ncn1. The molecule has 1 aromatic rings. The maximum atomic E-state index is 12.7. The van der Waals surface area contributed by atoms with Crippen molar-refractivity contribution in [1.29, 1.82) is 0 Å². The minimum atomic E-state index is -0.504. The number of anilines is 1. The summed E-state index contributed by atoms with van der Waals surface area (Å²) in [4.78, 5) is 9.58. The second-order valence-electron chi connectivity index (χ2n) is 3.18. The van der Waals surface area contributed by atoms with Crippen molar-refractivity contribution < 1.29 is 4.39 Å². The van der Waals surface area contributed by atoms with Gasteiger partial charge in [-0.05, 0) is 13.1 Å². The van der Waals surface area contributed by atoms with Crippen LogP contribution < -0.4 is 5.32 Å². The summed E-state index contributed by atoms with van der Waals surface area (Å²) in [5.41, 5.74) is 0. The Kier molecular flexibility index (Phi) is 4.97. The predicted molar refractivity (Wildman–Crippen MR) is 58.3 cm³/mol. The fraction of sp³-hybridized carbons (Fsp3) is 0.600. The summed E-state index contributed by atoms with van der Waals surface area (Å²) in [6.07, 6.45) is 1.22. The van der Waals surface area contributed by atoms with Crippen LogP contribution in [0.2, 0.25) is 0 Å². The fourth-order valence-corrected chi connectivity index (χ4v) is 1.31. The number of hydrogen-bond acceptors (Lipinski definition) is 4. The molecular weight excluding hydrogens is 195 g/mol. The quantitative estimate of drug-likeness (QED) is 0.723. The number of halogens is 1. The lowest BCUT2D eigenvalue weighted by Crippen LogP contribution is -2.28. The zero-order valence-electron chi connectivity index (χ0n) is 9.20. The third-order valence-corrected chi connectivity index (χ3v) is 2.26. The highest BCUT2D eigenvalue weighted by molar-refractivity contribution is 5.31. The zero-order chi connectivity index (χ0) is 11.1. The molecule has 0 saturated heterocycles. The van der Waals surface area contributed by atoms with Crippen molar-refractivity contribution in [3.63, 3.8) is 0 Å². The summed E-state index contributed by atoms with van der Waals surface area (Å²) >= 11 is 0. The molecule has 84 valence electrons. The van der Waals surface area contributed by atoms with Crippen molar-refractivity contribution in [2.75, 3.05) is 31.5 Å². The third-order valence-electron chi connectivity index (χ3n) is 2.26. The molecule has 0 aliphatic heterocycles. The minimum absolute atomic E-state index is 0.504. The summed E-state index contributed by atoms with van der Waals surface area (Å²) in [6.45, 7) is 7.98. The van der Waals surface area contributed by atoms with Gasteiger partial charge in [0.2, 0.25) is 5.95 Å². The largest absolute Gasteiger partial charge is 0.369 e. The Labute approximate surface area is 89.5 Å². The first-order chi connectivity index (χ1) is 7.26. The van der Waals surface area contributed by atoms with Gasteiger partial charge in [0.25, 0.3) is 0 Å². The van der Waals surface area contributed by atoms with Gasteiger partial charge >= 0.3 is 0 Å². The summed E-state index contributed by atoms with van der Waals surface area (Å²) in [6, 6.07) is 1.29. The molecule has 0 radical (unpaired) electrons. The van der Waals surface area contributed by atoms with E-state index in [1.165, 1.54) is 12.4 Å². The molecule has 0 amide bonds. The van der Waals surface area contributed by atoms with Crippen LogP contribution in [0.15, 0.2) is 12.4 Å². The molecule has 0 aliphatic carbocycles. The van der Waals surface area contributed by atoms with Crippen molar-refractivity contribution in [2.24, 2.45) is 0 Å². The molecule has 4 nitrogen and oxygen atoms in total. The van der Waals surface area contributed by atoms with Gasteiger partial charge in [0.05, 0.1) is 0 Å². The van der Waals surface area contributed by atoms with E-state index < -0.39 is 5.95 Å². The molecule has 1 N–H and O–H groups in total. The van der Waals surface area contributed by atoms with E-state index in [0.717, 1.165) is 26.2 Å². The molecule has 15 heavy (non-hydrogen) atoms. The first-order valence-corrected chi connectivity index (χ1v) is 5.20. The first kappa shape index (κ1) is 11.8. The normalized spacial score (nSPS) is 10.7. The molecule has 1 heterocycles. The number of likely N-dealkylation sites (N-methyl/N-ethyl adjacent to an activating group) is 1. The van der Waals surface area contributed by atoms with Gasteiger partial charge < -0.3 is 10.2 Å². The smallest absolute Gasteiger partial charge is 0.217 e. The Morgan fingerprint density at radius 2 is 2.07 bits per heavy atom. The molecule has 0 spiro atoms. The van der Waals surface area contributed by atoms with Gasteiger partial charge in [-0.25, -0.2) is 9.97 Å². The highest BCUT2D eigenvalue weighted by Gasteiger charge is 1.99. The molecule has 0 saturated carbocycles. The molecule has 5 heteroatoms. The second-order valence-corrected chi connectivity index (χ2v) is 3.18. The van der Waals surface area contributed by atoms with Gasteiger partial charge in [-0.15, -0.1) is 0 Å². The topological polar surface area (TPSA) is 41.0 Å². The Hall–Kier alpha value is -1.23. The lowest BCUT2D eigenvalue weighted by molar-refractivity contribution is 0.316. The molecule has 1 aromatic heterocycles. The van der Waals surface area contributed by atoms with Crippen LogP contribution in [0.25, 0.3) is 0 Å². The third kappa shape index (κ3) is 4.20. The number of rotatable bonds is 6. The summed E-state index contributed by atoms with van der Waals surface area (Å²) in [5.74, 6) is 0.0324. The van der Waals surface area contributed by atoms with Gasteiger partial charge in [0, 0.05) is 19.2 Å². The van der Waals surface area contributed by atoms with E-state index in [1.807, 2.05) is 0 Å². The highest BCUT2D eigenvalue weighted by atomic mass is 19.1. The van der Waals surface area contributed by atoms with Crippen molar-refractivity contribution in [2.45, 2.75) is 13.8 Å². The van der Waals surface area contributed by atoms with Gasteiger partial charge in [0.15, 0.2) is 0 Å². The van der Waals surface area contributed by atoms with Crippen LogP contribution in [0.5, 0.6) is 0 Å². The number of nitrogens with zero attached hydrogens (tertiary/aromatic N) is 3. The van der Waals surface area contributed by atoms with Crippen molar-refractivity contribution >= 4 is 5.82 Å². The van der Waals surface area contributed by atoms with Crippen molar-refractivity contribution in [3.8, 4) is 0 Å². The number of aromatic nitrogens is 2. The molecular formula is C10H17FN4. The van der Waals surface area contributed by atoms with Gasteiger partial charge in [-0.3, -0.25) is 0 Å². The Balaban J connectivity index is 2.31.